The van der Waals surface area contributed by atoms with Crippen LogP contribution in [0, 0.1) is 5.92 Å². The van der Waals surface area contributed by atoms with Crippen LogP contribution in [-0.4, -0.2) is 35.6 Å². The molecule has 2 atom stereocenters. The number of rotatable bonds is 5. The first-order valence-corrected chi connectivity index (χ1v) is 7.45. The summed E-state index contributed by atoms with van der Waals surface area (Å²) in [5.41, 5.74) is 7.75. The Hall–Kier alpha value is -0.930. The van der Waals surface area contributed by atoms with Crippen LogP contribution < -0.4 is 5.73 Å². The van der Waals surface area contributed by atoms with Crippen molar-refractivity contribution in [2.75, 3.05) is 20.1 Å². The Bertz CT molecular complexity index is 379. The van der Waals surface area contributed by atoms with Gasteiger partial charge in [-0.15, -0.1) is 0 Å². The highest BCUT2D eigenvalue weighted by Crippen LogP contribution is 2.30. The first kappa shape index (κ1) is 14.5. The van der Waals surface area contributed by atoms with Crippen LogP contribution in [0.4, 0.5) is 0 Å². The molecule has 2 unspecified atom stereocenters. The standard InChI is InChI=1S/C16H27N3/c1-14-6-5-9-16(17,12-14)13-19(2)11-8-15-7-3-4-10-18-15/h3-4,7,10,14H,5-6,8-9,11-13,17H2,1-2H3. The molecule has 3 nitrogen and oxygen atoms in total. The molecular weight excluding hydrogens is 234 g/mol. The maximum absolute atomic E-state index is 6.56. The smallest absolute Gasteiger partial charge is 0.0416 e. The molecule has 1 fully saturated rings. The van der Waals surface area contributed by atoms with E-state index in [1.807, 2.05) is 12.3 Å². The van der Waals surface area contributed by atoms with Gasteiger partial charge in [-0.3, -0.25) is 4.98 Å². The SMILES string of the molecule is CC1CCCC(N)(CN(C)CCc2ccccn2)C1. The first-order chi connectivity index (χ1) is 9.07. The van der Waals surface area contributed by atoms with E-state index in [0.717, 1.165) is 31.1 Å². The van der Waals surface area contributed by atoms with Crippen LogP contribution in [0.5, 0.6) is 0 Å². The fourth-order valence-electron chi connectivity index (χ4n) is 3.31. The van der Waals surface area contributed by atoms with Crippen molar-refractivity contribution in [3.8, 4) is 0 Å². The van der Waals surface area contributed by atoms with Crippen LogP contribution in [0.25, 0.3) is 0 Å². The number of pyridine rings is 1. The Kier molecular flexibility index (Phi) is 4.94. The van der Waals surface area contributed by atoms with Gasteiger partial charge in [0, 0.05) is 36.9 Å². The molecule has 1 aliphatic carbocycles. The number of hydrogen-bond acceptors (Lipinski definition) is 3. The highest BCUT2D eigenvalue weighted by molar-refractivity contribution is 5.04. The minimum absolute atomic E-state index is 0.0243. The summed E-state index contributed by atoms with van der Waals surface area (Å²) in [5, 5.41) is 0. The lowest BCUT2D eigenvalue weighted by Gasteiger charge is -2.39. The predicted molar refractivity (Wildman–Crippen MR) is 80.0 cm³/mol. The Morgan fingerprint density at radius 2 is 2.32 bits per heavy atom. The molecule has 0 spiro atoms. The summed E-state index contributed by atoms with van der Waals surface area (Å²) in [7, 11) is 2.18. The summed E-state index contributed by atoms with van der Waals surface area (Å²) in [6.07, 6.45) is 7.83. The van der Waals surface area contributed by atoms with Crippen LogP contribution in [0.2, 0.25) is 0 Å². The van der Waals surface area contributed by atoms with Crippen LogP contribution in [0.1, 0.15) is 38.3 Å². The van der Waals surface area contributed by atoms with Crippen molar-refractivity contribution in [3.05, 3.63) is 30.1 Å². The molecule has 1 saturated carbocycles. The van der Waals surface area contributed by atoms with E-state index >= 15 is 0 Å². The summed E-state index contributed by atoms with van der Waals surface area (Å²) < 4.78 is 0. The van der Waals surface area contributed by atoms with Crippen LogP contribution >= 0.6 is 0 Å². The van der Waals surface area contributed by atoms with Gasteiger partial charge in [0.05, 0.1) is 0 Å². The molecule has 0 amide bonds. The predicted octanol–water partition coefficient (Wildman–Crippen LogP) is 2.46. The van der Waals surface area contributed by atoms with Gasteiger partial charge in [0.15, 0.2) is 0 Å². The molecule has 19 heavy (non-hydrogen) atoms. The Morgan fingerprint density at radius 1 is 1.47 bits per heavy atom. The number of aromatic nitrogens is 1. The van der Waals surface area contributed by atoms with Crippen molar-refractivity contribution in [1.82, 2.24) is 9.88 Å². The lowest BCUT2D eigenvalue weighted by Crippen LogP contribution is -2.52. The van der Waals surface area contributed by atoms with Gasteiger partial charge in [-0.2, -0.15) is 0 Å². The molecule has 0 aromatic carbocycles. The zero-order valence-electron chi connectivity index (χ0n) is 12.3. The van der Waals surface area contributed by atoms with Crippen LogP contribution in [0.3, 0.4) is 0 Å². The Labute approximate surface area is 117 Å². The average molecular weight is 261 g/mol. The summed E-state index contributed by atoms with van der Waals surface area (Å²) in [4.78, 5) is 6.74. The van der Waals surface area contributed by atoms with Crippen LogP contribution in [0.15, 0.2) is 24.4 Å². The number of hydrogen-bond donors (Lipinski definition) is 1. The zero-order chi connectivity index (χ0) is 13.7. The monoisotopic (exact) mass is 261 g/mol. The minimum atomic E-state index is 0.0243. The maximum Gasteiger partial charge on any atom is 0.0416 e. The van der Waals surface area contributed by atoms with Gasteiger partial charge in [0.2, 0.25) is 0 Å². The van der Waals surface area contributed by atoms with Crippen molar-refractivity contribution < 1.29 is 0 Å². The first-order valence-electron chi connectivity index (χ1n) is 7.45. The van der Waals surface area contributed by atoms with E-state index in [-0.39, 0.29) is 5.54 Å². The summed E-state index contributed by atoms with van der Waals surface area (Å²) in [6, 6.07) is 6.11. The summed E-state index contributed by atoms with van der Waals surface area (Å²) in [5.74, 6) is 0.781. The van der Waals surface area contributed by atoms with E-state index in [4.69, 9.17) is 5.73 Å². The number of nitrogens with two attached hydrogens (primary N) is 1. The van der Waals surface area contributed by atoms with Crippen molar-refractivity contribution in [2.24, 2.45) is 11.7 Å². The van der Waals surface area contributed by atoms with E-state index in [2.05, 4.69) is 36.0 Å². The normalized spacial score (nSPS) is 27.7. The third-order valence-electron chi connectivity index (χ3n) is 4.19. The quantitative estimate of drug-likeness (QED) is 0.885. The van der Waals surface area contributed by atoms with Crippen molar-refractivity contribution in [1.29, 1.82) is 0 Å². The van der Waals surface area contributed by atoms with Gasteiger partial charge < -0.3 is 10.6 Å². The number of likely N-dealkylation sites (N-methyl/N-ethyl adjacent to an activating group) is 1. The fraction of sp³-hybridized carbons (Fsp3) is 0.688. The van der Waals surface area contributed by atoms with E-state index in [1.54, 1.807) is 0 Å². The second kappa shape index (κ2) is 6.49. The molecule has 2 N–H and O–H groups in total. The van der Waals surface area contributed by atoms with Gasteiger partial charge in [0.25, 0.3) is 0 Å². The molecule has 0 bridgehead atoms. The highest BCUT2D eigenvalue weighted by Gasteiger charge is 2.31. The van der Waals surface area contributed by atoms with Gasteiger partial charge in [-0.1, -0.05) is 25.8 Å². The molecule has 1 heterocycles. The highest BCUT2D eigenvalue weighted by atomic mass is 15.1. The summed E-state index contributed by atoms with van der Waals surface area (Å²) in [6.45, 7) is 4.36. The molecular formula is C16H27N3. The fourth-order valence-corrected chi connectivity index (χ4v) is 3.31. The summed E-state index contributed by atoms with van der Waals surface area (Å²) >= 11 is 0. The van der Waals surface area contributed by atoms with Crippen molar-refractivity contribution in [3.63, 3.8) is 0 Å². The minimum Gasteiger partial charge on any atom is -0.324 e. The van der Waals surface area contributed by atoms with Crippen molar-refractivity contribution >= 4 is 0 Å². The molecule has 1 aromatic heterocycles. The molecule has 0 radical (unpaired) electrons. The Morgan fingerprint density at radius 3 is 3.00 bits per heavy atom. The van der Waals surface area contributed by atoms with E-state index in [1.165, 1.54) is 25.7 Å². The molecule has 0 saturated heterocycles. The molecule has 1 aliphatic rings. The second-order valence-electron chi connectivity index (χ2n) is 6.37. The molecule has 3 heteroatoms. The van der Waals surface area contributed by atoms with E-state index in [0.29, 0.717) is 0 Å². The number of nitrogens with zero attached hydrogens (tertiary/aromatic N) is 2. The molecule has 106 valence electrons. The second-order valence-corrected chi connectivity index (χ2v) is 6.37. The Balaban J connectivity index is 1.79. The molecule has 1 aromatic rings. The van der Waals surface area contributed by atoms with Crippen molar-refractivity contribution in [2.45, 2.75) is 44.6 Å². The third-order valence-corrected chi connectivity index (χ3v) is 4.19. The van der Waals surface area contributed by atoms with Gasteiger partial charge in [0.1, 0.15) is 0 Å². The maximum atomic E-state index is 6.56. The average Bonchev–Trinajstić information content (AvgIpc) is 2.37. The van der Waals surface area contributed by atoms with E-state index < -0.39 is 0 Å². The van der Waals surface area contributed by atoms with Crippen LogP contribution in [-0.2, 0) is 6.42 Å². The van der Waals surface area contributed by atoms with Gasteiger partial charge in [-0.05, 0) is 37.9 Å². The van der Waals surface area contributed by atoms with E-state index in [9.17, 15) is 0 Å². The lowest BCUT2D eigenvalue weighted by atomic mass is 9.77. The van der Waals surface area contributed by atoms with Gasteiger partial charge in [-0.25, -0.2) is 0 Å². The van der Waals surface area contributed by atoms with Gasteiger partial charge >= 0.3 is 0 Å². The largest absolute Gasteiger partial charge is 0.324 e. The third kappa shape index (κ3) is 4.59. The lowest BCUT2D eigenvalue weighted by molar-refractivity contribution is 0.170. The zero-order valence-corrected chi connectivity index (χ0v) is 12.3. The molecule has 0 aliphatic heterocycles. The topological polar surface area (TPSA) is 42.1 Å². The molecule has 2 rings (SSSR count).